The molecule has 0 bridgehead atoms. The number of carbonyl (C=O) groups is 1. The molecule has 2 heterocycles. The first-order chi connectivity index (χ1) is 17.8. The number of aromatic nitrogens is 5. The Morgan fingerprint density at radius 1 is 1.18 bits per heavy atom. The first-order valence-electron chi connectivity index (χ1n) is 11.9. The van der Waals surface area contributed by atoms with E-state index >= 15 is 0 Å². The maximum Gasteiger partial charge on any atom is 0.437 e. The van der Waals surface area contributed by atoms with Crippen molar-refractivity contribution in [2.75, 3.05) is 18.1 Å². The van der Waals surface area contributed by atoms with Gasteiger partial charge in [-0.1, -0.05) is 11.6 Å². The second kappa shape index (κ2) is 10.2. The van der Waals surface area contributed by atoms with Gasteiger partial charge in [-0.3, -0.25) is 9.48 Å². The number of nitrogen functional groups attached to an aromatic ring is 1. The number of carbonyl (C=O) groups excluding carboxylic acids is 1. The van der Waals surface area contributed by atoms with Gasteiger partial charge in [-0.05, 0) is 55.7 Å². The number of hydrogen-bond acceptors (Lipinski definition) is 7. The Kier molecular flexibility index (Phi) is 7.45. The lowest BCUT2D eigenvalue weighted by Gasteiger charge is -2.23. The van der Waals surface area contributed by atoms with Crippen LogP contribution in [0.1, 0.15) is 59.0 Å². The van der Waals surface area contributed by atoms with Crippen molar-refractivity contribution in [2.24, 2.45) is 25.9 Å². The maximum absolute atomic E-state index is 13.3. The largest absolute Gasteiger partial charge is 0.437 e. The van der Waals surface area contributed by atoms with E-state index in [0.29, 0.717) is 36.2 Å². The monoisotopic (exact) mass is 557 g/mol. The fraction of sp³-hybridized carbons (Fsp3) is 0.500. The lowest BCUT2D eigenvalue weighted by Crippen LogP contribution is -2.27. The van der Waals surface area contributed by atoms with Gasteiger partial charge in [0.1, 0.15) is 22.9 Å². The highest BCUT2D eigenvalue weighted by Gasteiger charge is 2.55. The topological polar surface area (TPSA) is 124 Å². The summed E-state index contributed by atoms with van der Waals surface area (Å²) >= 11 is 5.48. The summed E-state index contributed by atoms with van der Waals surface area (Å²) in [5.41, 5.74) is 4.51. The molecule has 2 aromatic heterocycles. The summed E-state index contributed by atoms with van der Waals surface area (Å²) in [5.74, 6) is -0.0672. The molecule has 206 valence electrons. The Hall–Kier alpha value is -3.19. The van der Waals surface area contributed by atoms with Gasteiger partial charge >= 0.3 is 6.18 Å². The maximum atomic E-state index is 13.3. The molecule has 14 heteroatoms. The molecule has 0 spiro atoms. The van der Waals surface area contributed by atoms with Crippen molar-refractivity contribution < 1.29 is 27.5 Å². The molecule has 2 unspecified atom stereocenters. The molecular formula is C24H28ClF4N7O2. The molecule has 0 aliphatic heterocycles. The van der Waals surface area contributed by atoms with Crippen molar-refractivity contribution >= 4 is 29.4 Å². The smallest absolute Gasteiger partial charge is 0.388 e. The highest BCUT2D eigenvalue weighted by atomic mass is 35.5. The summed E-state index contributed by atoms with van der Waals surface area (Å²) in [7, 11) is 4.72. The van der Waals surface area contributed by atoms with Crippen molar-refractivity contribution in [3.8, 4) is 0 Å². The zero-order chi connectivity index (χ0) is 28.0. The molecule has 2 aliphatic carbocycles. The van der Waals surface area contributed by atoms with Crippen LogP contribution in [-0.4, -0.2) is 43.2 Å². The fourth-order valence-electron chi connectivity index (χ4n) is 5.64. The summed E-state index contributed by atoms with van der Waals surface area (Å²) in [6.45, 7) is 0. The van der Waals surface area contributed by atoms with E-state index in [1.165, 1.54) is 23.9 Å². The molecular weight excluding hydrogens is 530 g/mol. The highest BCUT2D eigenvalue weighted by molar-refractivity contribution is 6.31. The summed E-state index contributed by atoms with van der Waals surface area (Å²) < 4.78 is 53.8. The van der Waals surface area contributed by atoms with Gasteiger partial charge in [-0.2, -0.15) is 28.2 Å². The van der Waals surface area contributed by atoms with Crippen LogP contribution in [0.2, 0.25) is 5.02 Å². The normalized spacial score (nSPS) is 24.6. The van der Waals surface area contributed by atoms with Crippen LogP contribution < -0.4 is 11.1 Å². The Balaban J connectivity index is 0.000000283. The Morgan fingerprint density at radius 2 is 1.82 bits per heavy atom. The standard InChI is InChI=1S/C17H21F3N6O2.C7H7ClFN/c1-25-15(21)11(7-27)12(22-25)8-3-9-5-16(28,6-10(9)4-8)13-14(17(18,19)20)24-26(2)23-13;1-10-5-2-3-7(9)6(8)4-5/h7-10,28H,3-6,21H2,1-2H3;2-4,10H,1H3. The number of nitrogens with one attached hydrogen (secondary N) is 1. The quantitative estimate of drug-likeness (QED) is 0.323. The van der Waals surface area contributed by atoms with E-state index in [-0.39, 0.29) is 41.4 Å². The Labute approximate surface area is 220 Å². The predicted molar refractivity (Wildman–Crippen MR) is 132 cm³/mol. The first-order valence-corrected chi connectivity index (χ1v) is 12.3. The summed E-state index contributed by atoms with van der Waals surface area (Å²) in [4.78, 5) is 12.2. The van der Waals surface area contributed by atoms with Crippen molar-refractivity contribution in [2.45, 2.75) is 43.4 Å². The van der Waals surface area contributed by atoms with E-state index in [0.717, 1.165) is 10.5 Å². The van der Waals surface area contributed by atoms with Gasteiger partial charge in [0.15, 0.2) is 12.0 Å². The van der Waals surface area contributed by atoms with Crippen LogP contribution in [0.5, 0.6) is 0 Å². The van der Waals surface area contributed by atoms with E-state index in [9.17, 15) is 27.5 Å². The molecule has 38 heavy (non-hydrogen) atoms. The van der Waals surface area contributed by atoms with Gasteiger partial charge in [0.2, 0.25) is 0 Å². The van der Waals surface area contributed by atoms with Gasteiger partial charge in [-0.15, -0.1) is 5.10 Å². The first kappa shape index (κ1) is 27.8. The van der Waals surface area contributed by atoms with E-state index in [2.05, 4.69) is 20.6 Å². The van der Waals surface area contributed by atoms with Gasteiger partial charge in [0.05, 0.1) is 16.3 Å². The summed E-state index contributed by atoms with van der Waals surface area (Å²) in [6.07, 6.45) is -2.37. The van der Waals surface area contributed by atoms with Crippen LogP contribution in [0.3, 0.4) is 0 Å². The number of aldehydes is 1. The Morgan fingerprint density at radius 3 is 2.34 bits per heavy atom. The van der Waals surface area contributed by atoms with Crippen molar-refractivity contribution in [3.63, 3.8) is 0 Å². The number of aliphatic hydroxyl groups is 1. The van der Waals surface area contributed by atoms with Crippen LogP contribution >= 0.6 is 11.6 Å². The van der Waals surface area contributed by atoms with Crippen molar-refractivity contribution in [1.29, 1.82) is 0 Å². The van der Waals surface area contributed by atoms with Gasteiger partial charge in [0, 0.05) is 32.7 Å². The lowest BCUT2D eigenvalue weighted by atomic mass is 9.89. The average molecular weight is 558 g/mol. The van der Waals surface area contributed by atoms with Crippen LogP contribution in [-0.2, 0) is 25.9 Å². The number of benzene rings is 1. The zero-order valence-electron chi connectivity index (χ0n) is 20.9. The highest BCUT2D eigenvalue weighted by Crippen LogP contribution is 2.57. The molecule has 5 rings (SSSR count). The van der Waals surface area contributed by atoms with Crippen LogP contribution in [0.4, 0.5) is 29.1 Å². The van der Waals surface area contributed by atoms with Gasteiger partial charge < -0.3 is 16.2 Å². The van der Waals surface area contributed by atoms with E-state index in [1.54, 1.807) is 20.2 Å². The van der Waals surface area contributed by atoms with E-state index < -0.39 is 23.2 Å². The molecule has 9 nitrogen and oxygen atoms in total. The van der Waals surface area contributed by atoms with Gasteiger partial charge in [0.25, 0.3) is 0 Å². The number of alkyl halides is 3. The minimum absolute atomic E-state index is 0.00723. The minimum Gasteiger partial charge on any atom is -0.388 e. The Bertz CT molecular complexity index is 1330. The van der Waals surface area contributed by atoms with E-state index in [4.69, 9.17) is 17.3 Å². The number of rotatable bonds is 4. The third-order valence-corrected chi connectivity index (χ3v) is 7.62. The SMILES string of the molecule is CNc1ccc(F)c(Cl)c1.Cn1nc(C(F)(F)F)c(C2(O)CC3CC(c4nn(C)c(N)c4C=O)CC3C2)n1. The molecule has 3 aromatic rings. The molecule has 1 aromatic carbocycles. The number of nitrogens with two attached hydrogens (primary N) is 1. The molecule has 2 atom stereocenters. The van der Waals surface area contributed by atoms with Gasteiger partial charge in [-0.25, -0.2) is 4.39 Å². The third kappa shape index (κ3) is 5.21. The summed E-state index contributed by atoms with van der Waals surface area (Å²) in [6, 6.07) is 4.49. The van der Waals surface area contributed by atoms with Crippen LogP contribution in [0.15, 0.2) is 18.2 Å². The number of aryl methyl sites for hydroxylation is 2. The minimum atomic E-state index is -4.68. The van der Waals surface area contributed by atoms with Crippen molar-refractivity contribution in [3.05, 3.63) is 51.7 Å². The number of hydrogen-bond donors (Lipinski definition) is 3. The van der Waals surface area contributed by atoms with Crippen LogP contribution in [0.25, 0.3) is 0 Å². The molecule has 0 saturated heterocycles. The lowest BCUT2D eigenvalue weighted by molar-refractivity contribution is -0.144. The number of fused-ring (bicyclic) bond motifs is 1. The van der Waals surface area contributed by atoms with E-state index in [1.807, 2.05) is 0 Å². The molecule has 0 amide bonds. The predicted octanol–water partition coefficient (Wildman–Crippen LogP) is 4.27. The number of nitrogens with zero attached hydrogens (tertiary/aromatic N) is 5. The summed E-state index contributed by atoms with van der Waals surface area (Å²) in [5, 5.41) is 25.6. The van der Waals surface area contributed by atoms with Crippen molar-refractivity contribution in [1.82, 2.24) is 24.8 Å². The third-order valence-electron chi connectivity index (χ3n) is 7.34. The molecule has 2 fully saturated rings. The zero-order valence-corrected chi connectivity index (χ0v) is 21.7. The average Bonchev–Trinajstić information content (AvgIpc) is 3.57. The second-order valence-corrected chi connectivity index (χ2v) is 10.2. The molecule has 2 saturated carbocycles. The number of halogens is 5. The fourth-order valence-corrected chi connectivity index (χ4v) is 5.82. The molecule has 2 aliphatic rings. The van der Waals surface area contributed by atoms with Crippen LogP contribution in [0, 0.1) is 17.7 Å². The number of anilines is 2. The molecule has 4 N–H and O–H groups in total. The second-order valence-electron chi connectivity index (χ2n) is 9.82. The molecule has 0 radical (unpaired) electrons.